The highest BCUT2D eigenvalue weighted by Gasteiger charge is 2.35. The van der Waals surface area contributed by atoms with Crippen LogP contribution >= 0.6 is 0 Å². The van der Waals surface area contributed by atoms with E-state index in [1.165, 1.54) is 30.9 Å². The van der Waals surface area contributed by atoms with Crippen LogP contribution < -0.4 is 16.0 Å². The number of anilines is 1. The van der Waals surface area contributed by atoms with Gasteiger partial charge in [-0.1, -0.05) is 42.5 Å². The first-order valence-corrected chi connectivity index (χ1v) is 15.0. The highest BCUT2D eigenvalue weighted by Crippen LogP contribution is 2.31. The molecule has 0 fully saturated rings. The van der Waals surface area contributed by atoms with Crippen molar-refractivity contribution in [1.82, 2.24) is 20.2 Å². The summed E-state index contributed by atoms with van der Waals surface area (Å²) in [6.07, 6.45) is -2.89. The lowest BCUT2D eigenvalue weighted by molar-refractivity contribution is -0.145. The molecule has 1 heterocycles. The number of carbonyl (C=O) groups excluding carboxylic acids is 4. The summed E-state index contributed by atoms with van der Waals surface area (Å²) in [7, 11) is 0. The molecule has 15 heteroatoms. The third-order valence-electron chi connectivity index (χ3n) is 6.61. The Kier molecular flexibility index (Phi) is 12.3. The van der Waals surface area contributed by atoms with E-state index in [9.17, 15) is 32.3 Å². The summed E-state index contributed by atoms with van der Waals surface area (Å²) in [5, 5.41) is 7.65. The molecule has 0 saturated carbocycles. The first-order chi connectivity index (χ1) is 22.4. The van der Waals surface area contributed by atoms with E-state index in [0.29, 0.717) is 0 Å². The lowest BCUT2D eigenvalue weighted by Crippen LogP contribution is -2.59. The number of esters is 1. The molecule has 3 rings (SSSR count). The standard InChI is InChI=1S/C33H40F3N5O7/c1-7-47-28(43)26(22-13-15-23(16-14-22)33(34,35)36)41-17-25(37-20-41)39-27(42)24(19-46-18-21-11-9-8-10-12-21)38-29(44)32(5,6)40-30(45)48-31(2,3)4/h8-17,20,24,26H,7,18-19H2,1-6H3,(H,38,44)(H,39,42)(H,40,45). The molecule has 0 spiro atoms. The Hall–Kier alpha value is -4.92. The molecule has 260 valence electrons. The summed E-state index contributed by atoms with van der Waals surface area (Å²) in [4.78, 5) is 56.1. The van der Waals surface area contributed by atoms with Gasteiger partial charge >= 0.3 is 18.2 Å². The number of rotatable bonds is 13. The molecule has 2 atom stereocenters. The number of benzene rings is 2. The average molecular weight is 676 g/mol. The predicted molar refractivity (Wildman–Crippen MR) is 169 cm³/mol. The number of hydrogen-bond donors (Lipinski definition) is 3. The number of amides is 3. The van der Waals surface area contributed by atoms with Gasteiger partial charge in [0.25, 0.3) is 5.91 Å². The largest absolute Gasteiger partial charge is 0.464 e. The molecular weight excluding hydrogens is 635 g/mol. The molecule has 0 aliphatic heterocycles. The Bertz CT molecular complexity index is 1550. The van der Waals surface area contributed by atoms with Crippen molar-refractivity contribution in [3.8, 4) is 0 Å². The van der Waals surface area contributed by atoms with Crippen molar-refractivity contribution in [1.29, 1.82) is 0 Å². The normalized spacial score (nSPS) is 13.2. The van der Waals surface area contributed by atoms with Crippen molar-refractivity contribution in [3.63, 3.8) is 0 Å². The summed E-state index contributed by atoms with van der Waals surface area (Å²) >= 11 is 0. The minimum atomic E-state index is -4.57. The smallest absolute Gasteiger partial charge is 0.416 e. The second-order valence-electron chi connectivity index (χ2n) is 12.2. The zero-order valence-corrected chi connectivity index (χ0v) is 27.5. The van der Waals surface area contributed by atoms with E-state index < -0.39 is 58.8 Å². The minimum absolute atomic E-state index is 0.0117. The van der Waals surface area contributed by atoms with Crippen molar-refractivity contribution < 1.29 is 46.6 Å². The molecule has 0 aliphatic carbocycles. The summed E-state index contributed by atoms with van der Waals surface area (Å²) < 4.78 is 56.8. The Morgan fingerprint density at radius 3 is 2.17 bits per heavy atom. The van der Waals surface area contributed by atoms with E-state index in [-0.39, 0.29) is 31.2 Å². The van der Waals surface area contributed by atoms with Crippen LogP contribution in [0.15, 0.2) is 67.1 Å². The van der Waals surface area contributed by atoms with Gasteiger partial charge in [-0.15, -0.1) is 0 Å². The predicted octanol–water partition coefficient (Wildman–Crippen LogP) is 5.00. The van der Waals surface area contributed by atoms with Crippen molar-refractivity contribution >= 4 is 29.7 Å². The molecule has 12 nitrogen and oxygen atoms in total. The van der Waals surface area contributed by atoms with Gasteiger partial charge < -0.3 is 34.7 Å². The lowest BCUT2D eigenvalue weighted by Gasteiger charge is -2.29. The summed E-state index contributed by atoms with van der Waals surface area (Å²) in [6.45, 7) is 9.33. The maximum atomic E-state index is 13.5. The molecular formula is C33H40F3N5O7. The van der Waals surface area contributed by atoms with Crippen LogP contribution in [-0.2, 0) is 41.4 Å². The number of aromatic nitrogens is 2. The van der Waals surface area contributed by atoms with Crippen molar-refractivity contribution in [2.75, 3.05) is 18.5 Å². The lowest BCUT2D eigenvalue weighted by atomic mass is 10.0. The molecule has 3 amide bonds. The van der Waals surface area contributed by atoms with E-state index in [1.54, 1.807) is 27.7 Å². The Morgan fingerprint density at radius 1 is 0.938 bits per heavy atom. The van der Waals surface area contributed by atoms with E-state index >= 15 is 0 Å². The Balaban J connectivity index is 1.81. The fourth-order valence-corrected chi connectivity index (χ4v) is 4.27. The third kappa shape index (κ3) is 11.1. The fraction of sp³-hybridized carbons (Fsp3) is 0.424. The first-order valence-electron chi connectivity index (χ1n) is 15.0. The van der Waals surface area contributed by atoms with E-state index in [1.807, 2.05) is 30.3 Å². The number of nitrogens with zero attached hydrogens (tertiary/aromatic N) is 2. The third-order valence-corrected chi connectivity index (χ3v) is 6.61. The molecule has 2 aromatic carbocycles. The maximum absolute atomic E-state index is 13.5. The van der Waals surface area contributed by atoms with Gasteiger partial charge in [-0.05, 0) is 64.8 Å². The summed E-state index contributed by atoms with van der Waals surface area (Å²) in [5.74, 6) is -2.25. The van der Waals surface area contributed by atoms with Gasteiger partial charge in [-0.25, -0.2) is 14.6 Å². The molecule has 3 N–H and O–H groups in total. The van der Waals surface area contributed by atoms with Crippen LogP contribution in [0.4, 0.5) is 23.8 Å². The molecule has 0 radical (unpaired) electrons. The van der Waals surface area contributed by atoms with Crippen LogP contribution in [-0.4, -0.2) is 63.8 Å². The molecule has 0 saturated heterocycles. The molecule has 0 aliphatic rings. The maximum Gasteiger partial charge on any atom is 0.416 e. The van der Waals surface area contributed by atoms with Gasteiger partial charge in [0.05, 0.1) is 31.7 Å². The van der Waals surface area contributed by atoms with Gasteiger partial charge in [-0.3, -0.25) is 9.59 Å². The van der Waals surface area contributed by atoms with E-state index in [0.717, 1.165) is 29.8 Å². The number of ether oxygens (including phenoxy) is 3. The van der Waals surface area contributed by atoms with Crippen molar-refractivity contribution in [3.05, 3.63) is 83.8 Å². The summed E-state index contributed by atoms with van der Waals surface area (Å²) in [6, 6.07) is 10.7. The van der Waals surface area contributed by atoms with Crippen LogP contribution in [0.3, 0.4) is 0 Å². The molecule has 2 unspecified atom stereocenters. The quantitative estimate of drug-likeness (QED) is 0.215. The number of alkyl halides is 3. The highest BCUT2D eigenvalue weighted by molar-refractivity contribution is 5.98. The number of alkyl carbamates (subject to hydrolysis) is 1. The average Bonchev–Trinajstić information content (AvgIpc) is 3.43. The van der Waals surface area contributed by atoms with Gasteiger partial charge in [0.1, 0.15) is 17.2 Å². The zero-order chi connectivity index (χ0) is 35.7. The van der Waals surface area contributed by atoms with Gasteiger partial charge in [0, 0.05) is 6.20 Å². The fourth-order valence-electron chi connectivity index (χ4n) is 4.27. The van der Waals surface area contributed by atoms with Crippen molar-refractivity contribution in [2.24, 2.45) is 0 Å². The second-order valence-corrected chi connectivity index (χ2v) is 12.2. The molecule has 48 heavy (non-hydrogen) atoms. The number of imidazole rings is 1. The van der Waals surface area contributed by atoms with Crippen LogP contribution in [0.1, 0.15) is 64.3 Å². The van der Waals surface area contributed by atoms with Gasteiger partial charge in [-0.2, -0.15) is 13.2 Å². The number of hydrogen-bond acceptors (Lipinski definition) is 8. The minimum Gasteiger partial charge on any atom is -0.464 e. The van der Waals surface area contributed by atoms with Gasteiger partial charge in [0.2, 0.25) is 5.91 Å². The van der Waals surface area contributed by atoms with Gasteiger partial charge in [0.15, 0.2) is 11.9 Å². The molecule has 1 aromatic heterocycles. The topological polar surface area (TPSA) is 150 Å². The van der Waals surface area contributed by atoms with Crippen LogP contribution in [0.5, 0.6) is 0 Å². The van der Waals surface area contributed by atoms with Crippen LogP contribution in [0.2, 0.25) is 0 Å². The Morgan fingerprint density at radius 2 is 1.58 bits per heavy atom. The monoisotopic (exact) mass is 675 g/mol. The Labute approximate surface area is 276 Å². The molecule has 3 aromatic rings. The number of nitrogens with one attached hydrogen (secondary N) is 3. The van der Waals surface area contributed by atoms with E-state index in [4.69, 9.17) is 14.2 Å². The van der Waals surface area contributed by atoms with Crippen LogP contribution in [0, 0.1) is 0 Å². The first kappa shape index (κ1) is 37.5. The molecule has 0 bridgehead atoms. The zero-order valence-electron chi connectivity index (χ0n) is 27.5. The highest BCUT2D eigenvalue weighted by atomic mass is 19.4. The SMILES string of the molecule is CCOC(=O)C(c1ccc(C(F)(F)F)cc1)n1cnc(NC(=O)C(COCc2ccccc2)NC(=O)C(C)(C)NC(=O)OC(C)(C)C)c1. The van der Waals surface area contributed by atoms with E-state index in [2.05, 4.69) is 20.9 Å². The number of carbonyl (C=O) groups is 4. The van der Waals surface area contributed by atoms with Crippen molar-refractivity contribution in [2.45, 2.75) is 77.5 Å². The van der Waals surface area contributed by atoms with Crippen LogP contribution in [0.25, 0.3) is 0 Å². The second kappa shape index (κ2) is 15.8. The number of halogens is 3. The summed E-state index contributed by atoms with van der Waals surface area (Å²) in [5.41, 5.74) is -2.19.